The van der Waals surface area contributed by atoms with Crippen LogP contribution in [0.25, 0.3) is 0 Å². The highest BCUT2D eigenvalue weighted by atomic mass is 16.1. The van der Waals surface area contributed by atoms with E-state index >= 15 is 0 Å². The summed E-state index contributed by atoms with van der Waals surface area (Å²) in [5.74, 6) is 0.341. The predicted molar refractivity (Wildman–Crippen MR) is 81.5 cm³/mol. The second kappa shape index (κ2) is 5.69. The molecule has 0 radical (unpaired) electrons. The van der Waals surface area contributed by atoms with Crippen molar-refractivity contribution in [1.29, 1.82) is 0 Å². The van der Waals surface area contributed by atoms with Crippen LogP contribution in [0.2, 0.25) is 0 Å². The van der Waals surface area contributed by atoms with Gasteiger partial charge in [-0.25, -0.2) is 10.4 Å². The highest BCUT2D eigenvalue weighted by molar-refractivity contribution is 5.84. The van der Waals surface area contributed by atoms with Crippen molar-refractivity contribution in [2.24, 2.45) is 5.10 Å². The first-order chi connectivity index (χ1) is 9.45. The third-order valence-electron chi connectivity index (χ3n) is 2.97. The molecule has 0 aliphatic rings. The Morgan fingerprint density at radius 3 is 2.40 bits per heavy atom. The number of hydrogen-bond donors (Lipinski definition) is 2. The molecule has 0 spiro atoms. The second-order valence-electron chi connectivity index (χ2n) is 4.92. The summed E-state index contributed by atoms with van der Waals surface area (Å²) in [5.41, 5.74) is 7.83. The van der Waals surface area contributed by atoms with Crippen LogP contribution in [0.1, 0.15) is 27.9 Å². The Hall–Kier alpha value is -2.43. The smallest absolute Gasteiger partial charge is 0.252 e. The summed E-state index contributed by atoms with van der Waals surface area (Å²) in [5, 5.41) is 4.14. The molecule has 5 nitrogen and oxygen atoms in total. The number of aryl methyl sites for hydroxylation is 4. The number of benzene rings is 1. The molecule has 0 amide bonds. The van der Waals surface area contributed by atoms with Crippen LogP contribution >= 0.6 is 0 Å². The van der Waals surface area contributed by atoms with E-state index in [4.69, 9.17) is 0 Å². The number of aromatic amines is 1. The first-order valence-electron chi connectivity index (χ1n) is 6.40. The van der Waals surface area contributed by atoms with Gasteiger partial charge in [-0.15, -0.1) is 0 Å². The third-order valence-corrected chi connectivity index (χ3v) is 2.97. The van der Waals surface area contributed by atoms with E-state index in [2.05, 4.69) is 39.6 Å². The van der Waals surface area contributed by atoms with Gasteiger partial charge in [-0.2, -0.15) is 5.10 Å². The Morgan fingerprint density at radius 2 is 1.80 bits per heavy atom. The molecule has 1 aromatic carbocycles. The number of anilines is 1. The maximum absolute atomic E-state index is 11.3. The highest BCUT2D eigenvalue weighted by Crippen LogP contribution is 2.14. The molecule has 0 bridgehead atoms. The van der Waals surface area contributed by atoms with E-state index in [0.29, 0.717) is 11.6 Å². The zero-order valence-electron chi connectivity index (χ0n) is 12.1. The highest BCUT2D eigenvalue weighted by Gasteiger charge is 2.01. The number of aromatic nitrogens is 2. The van der Waals surface area contributed by atoms with Gasteiger partial charge in [-0.3, -0.25) is 9.78 Å². The minimum Gasteiger partial charge on any atom is -0.291 e. The second-order valence-corrected chi connectivity index (χ2v) is 4.92. The summed E-state index contributed by atoms with van der Waals surface area (Å²) in [4.78, 5) is 18.0. The van der Waals surface area contributed by atoms with Crippen LogP contribution in [0, 0.1) is 27.7 Å². The number of hydrazone groups is 1. The quantitative estimate of drug-likeness (QED) is 0.665. The molecule has 1 heterocycles. The monoisotopic (exact) mass is 270 g/mol. The third kappa shape index (κ3) is 3.32. The Kier molecular flexibility index (Phi) is 3.98. The molecule has 20 heavy (non-hydrogen) atoms. The van der Waals surface area contributed by atoms with Gasteiger partial charge in [0.15, 0.2) is 0 Å². The lowest BCUT2D eigenvalue weighted by atomic mass is 10.0. The molecular formula is C15H18N4O. The summed E-state index contributed by atoms with van der Waals surface area (Å²) in [7, 11) is 0. The average Bonchev–Trinajstić information content (AvgIpc) is 2.31. The maximum Gasteiger partial charge on any atom is 0.252 e. The fourth-order valence-electron chi connectivity index (χ4n) is 2.18. The van der Waals surface area contributed by atoms with Crippen molar-refractivity contribution in [3.63, 3.8) is 0 Å². The number of nitrogens with one attached hydrogen (secondary N) is 2. The molecule has 0 fully saturated rings. The van der Waals surface area contributed by atoms with E-state index in [0.717, 1.165) is 5.56 Å². The Labute approximate surface area is 117 Å². The molecule has 2 rings (SSSR count). The molecule has 104 valence electrons. The molecule has 0 unspecified atom stereocenters. The van der Waals surface area contributed by atoms with Gasteiger partial charge in [-0.1, -0.05) is 17.7 Å². The molecule has 1 aromatic heterocycles. The van der Waals surface area contributed by atoms with E-state index in [-0.39, 0.29) is 5.56 Å². The molecular weight excluding hydrogens is 252 g/mol. The molecule has 0 aliphatic carbocycles. The van der Waals surface area contributed by atoms with Crippen LogP contribution in [0.15, 0.2) is 28.1 Å². The molecule has 2 aromatic rings. The summed E-state index contributed by atoms with van der Waals surface area (Å²) in [6.45, 7) is 7.93. The van der Waals surface area contributed by atoms with Crippen molar-refractivity contribution < 1.29 is 0 Å². The van der Waals surface area contributed by atoms with E-state index in [1.54, 1.807) is 13.1 Å². The first-order valence-corrected chi connectivity index (χ1v) is 6.40. The molecule has 2 N–H and O–H groups in total. The summed E-state index contributed by atoms with van der Waals surface area (Å²) in [6, 6.07) is 5.66. The van der Waals surface area contributed by atoms with Crippen LogP contribution in [-0.4, -0.2) is 16.2 Å². The van der Waals surface area contributed by atoms with E-state index in [1.165, 1.54) is 22.8 Å². The van der Waals surface area contributed by atoms with Crippen molar-refractivity contribution in [3.05, 3.63) is 56.5 Å². The number of rotatable bonds is 3. The molecule has 0 aliphatic heterocycles. The van der Waals surface area contributed by atoms with Gasteiger partial charge < -0.3 is 0 Å². The SMILES string of the molecule is Cc1cc(C)c(/C=N/Nc2nc(C)cc(=O)[nH]2)c(C)c1. The average molecular weight is 270 g/mol. The van der Waals surface area contributed by atoms with Crippen LogP contribution in [0.5, 0.6) is 0 Å². The number of hydrogen-bond acceptors (Lipinski definition) is 4. The van der Waals surface area contributed by atoms with Crippen molar-refractivity contribution in [2.75, 3.05) is 5.43 Å². The molecule has 0 atom stereocenters. The lowest BCUT2D eigenvalue weighted by molar-refractivity contribution is 1.04. The topological polar surface area (TPSA) is 70.1 Å². The summed E-state index contributed by atoms with van der Waals surface area (Å²) in [6.07, 6.45) is 1.74. The lowest BCUT2D eigenvalue weighted by Gasteiger charge is -2.06. The normalized spacial score (nSPS) is 11.0. The Bertz CT molecular complexity index is 693. The number of nitrogens with zero attached hydrogens (tertiary/aromatic N) is 2. The van der Waals surface area contributed by atoms with Gasteiger partial charge in [0, 0.05) is 17.3 Å². The van der Waals surface area contributed by atoms with Gasteiger partial charge in [0.1, 0.15) is 0 Å². The fourth-order valence-corrected chi connectivity index (χ4v) is 2.18. The first kappa shape index (κ1) is 14.0. The Balaban J connectivity index is 2.20. The van der Waals surface area contributed by atoms with Crippen molar-refractivity contribution in [1.82, 2.24) is 9.97 Å². The molecule has 5 heteroatoms. The number of H-pyrrole nitrogens is 1. The van der Waals surface area contributed by atoms with Gasteiger partial charge in [0.05, 0.1) is 6.21 Å². The van der Waals surface area contributed by atoms with Crippen molar-refractivity contribution in [3.8, 4) is 0 Å². The van der Waals surface area contributed by atoms with Gasteiger partial charge in [0.25, 0.3) is 5.56 Å². The zero-order valence-corrected chi connectivity index (χ0v) is 12.1. The van der Waals surface area contributed by atoms with Crippen LogP contribution in [0.4, 0.5) is 5.95 Å². The minimum atomic E-state index is -0.196. The van der Waals surface area contributed by atoms with E-state index in [9.17, 15) is 4.79 Å². The fraction of sp³-hybridized carbons (Fsp3) is 0.267. The zero-order chi connectivity index (χ0) is 14.7. The van der Waals surface area contributed by atoms with Gasteiger partial charge in [-0.05, 0) is 38.8 Å². The van der Waals surface area contributed by atoms with Crippen LogP contribution in [-0.2, 0) is 0 Å². The van der Waals surface area contributed by atoms with Crippen molar-refractivity contribution in [2.45, 2.75) is 27.7 Å². The van der Waals surface area contributed by atoms with E-state index < -0.39 is 0 Å². The molecule has 0 saturated carbocycles. The summed E-state index contributed by atoms with van der Waals surface area (Å²) < 4.78 is 0. The van der Waals surface area contributed by atoms with Crippen LogP contribution < -0.4 is 11.0 Å². The standard InChI is InChI=1S/C15H18N4O/c1-9-5-10(2)13(11(3)6-9)8-16-19-15-17-12(4)7-14(20)18-15/h5-8H,1-4H3,(H2,17,18,19,20)/b16-8+. The largest absolute Gasteiger partial charge is 0.291 e. The maximum atomic E-state index is 11.3. The summed E-state index contributed by atoms with van der Waals surface area (Å²) >= 11 is 0. The molecule has 0 saturated heterocycles. The Morgan fingerprint density at radius 1 is 1.15 bits per heavy atom. The van der Waals surface area contributed by atoms with Crippen molar-refractivity contribution >= 4 is 12.2 Å². The minimum absolute atomic E-state index is 0.196. The predicted octanol–water partition coefficient (Wildman–Crippen LogP) is 2.45. The lowest BCUT2D eigenvalue weighted by Crippen LogP contribution is -2.10. The van der Waals surface area contributed by atoms with Gasteiger partial charge in [0.2, 0.25) is 5.95 Å². The van der Waals surface area contributed by atoms with Gasteiger partial charge >= 0.3 is 0 Å². The van der Waals surface area contributed by atoms with Crippen LogP contribution in [0.3, 0.4) is 0 Å². The van der Waals surface area contributed by atoms with E-state index in [1.807, 2.05) is 13.8 Å².